The molecule has 0 saturated carbocycles. The van der Waals surface area contributed by atoms with Crippen molar-refractivity contribution in [2.75, 3.05) is 33.0 Å². The van der Waals surface area contributed by atoms with Crippen LogP contribution in [-0.4, -0.2) is 50.1 Å². The number of esters is 2. The fourth-order valence-corrected chi connectivity index (χ4v) is 3.54. The van der Waals surface area contributed by atoms with Crippen LogP contribution in [0, 0.1) is 0 Å². The molecule has 0 heterocycles. The van der Waals surface area contributed by atoms with E-state index in [-0.39, 0.29) is 25.4 Å². The van der Waals surface area contributed by atoms with E-state index in [1.807, 2.05) is 54.6 Å². The third kappa shape index (κ3) is 10.8. The van der Waals surface area contributed by atoms with Gasteiger partial charge in [0, 0.05) is 5.57 Å². The number of unbranched alkanes of at least 4 members (excludes halogenated alkanes) is 1. The lowest BCUT2D eigenvalue weighted by atomic mass is 10.0. The van der Waals surface area contributed by atoms with Gasteiger partial charge in [-0.2, -0.15) is 0 Å². The van der Waals surface area contributed by atoms with Crippen LogP contribution in [0.1, 0.15) is 30.9 Å². The van der Waals surface area contributed by atoms with Crippen LogP contribution in [0.5, 0.6) is 11.5 Å². The Morgan fingerprint density at radius 1 is 0.659 bits per heavy atom. The standard InChI is InChI=1S/C34H36O7/c1-25(2)33(36)41-23-22-39-31-16-10-28(11-17-31)7-6-27-8-12-29(13-9-27)30-14-18-32(19-15-30)38-20-4-5-21-40-34(37)26(3)24-35/h6-19,35H,1,3-5,20-24H2,2H3/b7-6+. The molecule has 0 saturated heterocycles. The summed E-state index contributed by atoms with van der Waals surface area (Å²) < 4.78 is 21.4. The van der Waals surface area contributed by atoms with Crippen LogP contribution < -0.4 is 9.47 Å². The Bertz CT molecular complexity index is 1320. The molecule has 0 spiro atoms. The number of ether oxygens (including phenoxy) is 4. The first-order chi connectivity index (χ1) is 19.9. The Balaban J connectivity index is 1.40. The number of hydrogen-bond donors (Lipinski definition) is 1. The van der Waals surface area contributed by atoms with Crippen molar-refractivity contribution in [1.82, 2.24) is 0 Å². The van der Waals surface area contributed by atoms with Crippen LogP contribution in [0.3, 0.4) is 0 Å². The van der Waals surface area contributed by atoms with E-state index in [1.54, 1.807) is 6.92 Å². The van der Waals surface area contributed by atoms with Gasteiger partial charge in [0.2, 0.25) is 0 Å². The number of aliphatic hydroxyl groups is 1. The number of carbonyl (C=O) groups is 2. The van der Waals surface area contributed by atoms with E-state index in [1.165, 1.54) is 0 Å². The second-order valence-electron chi connectivity index (χ2n) is 9.27. The van der Waals surface area contributed by atoms with Gasteiger partial charge in [0.1, 0.15) is 24.7 Å². The highest BCUT2D eigenvalue weighted by Gasteiger charge is 2.06. The average molecular weight is 557 g/mol. The van der Waals surface area contributed by atoms with Gasteiger partial charge >= 0.3 is 11.9 Å². The molecule has 0 amide bonds. The van der Waals surface area contributed by atoms with E-state index in [2.05, 4.69) is 43.5 Å². The topological polar surface area (TPSA) is 91.3 Å². The summed E-state index contributed by atoms with van der Waals surface area (Å²) in [5.74, 6) is 0.503. The quantitative estimate of drug-likeness (QED) is 0.0962. The van der Waals surface area contributed by atoms with Gasteiger partial charge in [-0.25, -0.2) is 9.59 Å². The summed E-state index contributed by atoms with van der Waals surface area (Å²) in [6, 6.07) is 23.9. The van der Waals surface area contributed by atoms with E-state index < -0.39 is 18.5 Å². The zero-order valence-corrected chi connectivity index (χ0v) is 23.3. The predicted molar refractivity (Wildman–Crippen MR) is 160 cm³/mol. The molecule has 0 aliphatic rings. The van der Waals surface area contributed by atoms with Gasteiger partial charge in [-0.3, -0.25) is 0 Å². The largest absolute Gasteiger partial charge is 0.494 e. The maximum Gasteiger partial charge on any atom is 0.335 e. The molecular formula is C34H36O7. The summed E-state index contributed by atoms with van der Waals surface area (Å²) >= 11 is 0. The van der Waals surface area contributed by atoms with Gasteiger partial charge in [-0.15, -0.1) is 0 Å². The third-order valence-electron chi connectivity index (χ3n) is 5.90. The summed E-state index contributed by atoms with van der Waals surface area (Å²) in [4.78, 5) is 22.8. The minimum absolute atomic E-state index is 0.0554. The second kappa shape index (κ2) is 16.5. The highest BCUT2D eigenvalue weighted by Crippen LogP contribution is 2.24. The predicted octanol–water partition coefficient (Wildman–Crippen LogP) is 6.27. The molecule has 7 nitrogen and oxygen atoms in total. The Labute approximate surface area is 241 Å². The van der Waals surface area contributed by atoms with Crippen LogP contribution in [0.25, 0.3) is 23.3 Å². The number of aliphatic hydroxyl groups excluding tert-OH is 1. The molecule has 0 aromatic heterocycles. The van der Waals surface area contributed by atoms with E-state index in [0.29, 0.717) is 24.4 Å². The number of hydrogen-bond acceptors (Lipinski definition) is 7. The van der Waals surface area contributed by atoms with Crippen molar-refractivity contribution in [2.24, 2.45) is 0 Å². The van der Waals surface area contributed by atoms with E-state index in [4.69, 9.17) is 24.1 Å². The number of carbonyl (C=O) groups excluding carboxylic acids is 2. The maximum atomic E-state index is 11.4. The Hall–Kier alpha value is -4.62. The second-order valence-corrected chi connectivity index (χ2v) is 9.27. The molecule has 0 fully saturated rings. The fraction of sp³-hybridized carbons (Fsp3) is 0.235. The molecule has 0 radical (unpaired) electrons. The molecule has 0 aliphatic carbocycles. The summed E-state index contributed by atoms with van der Waals surface area (Å²) in [5, 5.41) is 8.85. The number of rotatable bonds is 16. The maximum absolute atomic E-state index is 11.4. The van der Waals surface area contributed by atoms with Crippen molar-refractivity contribution in [3.05, 3.63) is 108 Å². The van der Waals surface area contributed by atoms with Gasteiger partial charge in [-0.1, -0.05) is 73.8 Å². The van der Waals surface area contributed by atoms with Crippen LogP contribution in [-0.2, 0) is 19.1 Å². The molecular weight excluding hydrogens is 520 g/mol. The minimum Gasteiger partial charge on any atom is -0.494 e. The molecule has 1 N–H and O–H groups in total. The van der Waals surface area contributed by atoms with Crippen LogP contribution >= 0.6 is 0 Å². The molecule has 7 heteroatoms. The fourth-order valence-electron chi connectivity index (χ4n) is 3.54. The summed E-state index contributed by atoms with van der Waals surface area (Å²) in [6.45, 7) is 9.42. The smallest absolute Gasteiger partial charge is 0.335 e. The molecule has 3 rings (SSSR count). The first kappa shape index (κ1) is 30.9. The van der Waals surface area contributed by atoms with E-state index in [0.717, 1.165) is 34.4 Å². The van der Waals surface area contributed by atoms with Crippen LogP contribution in [0.15, 0.2) is 97.1 Å². The third-order valence-corrected chi connectivity index (χ3v) is 5.90. The van der Waals surface area contributed by atoms with E-state index in [9.17, 15) is 9.59 Å². The van der Waals surface area contributed by atoms with Gasteiger partial charge < -0.3 is 24.1 Å². The Morgan fingerprint density at radius 3 is 1.68 bits per heavy atom. The summed E-state index contributed by atoms with van der Waals surface area (Å²) in [6.07, 6.45) is 5.49. The lowest BCUT2D eigenvalue weighted by molar-refractivity contribution is -0.140. The van der Waals surface area contributed by atoms with Crippen molar-refractivity contribution in [2.45, 2.75) is 19.8 Å². The molecule has 0 bridgehead atoms. The average Bonchev–Trinajstić information content (AvgIpc) is 3.00. The van der Waals surface area contributed by atoms with Crippen molar-refractivity contribution in [3.8, 4) is 22.6 Å². The van der Waals surface area contributed by atoms with Crippen molar-refractivity contribution in [1.29, 1.82) is 0 Å². The Morgan fingerprint density at radius 2 is 1.12 bits per heavy atom. The van der Waals surface area contributed by atoms with Crippen LogP contribution in [0.4, 0.5) is 0 Å². The van der Waals surface area contributed by atoms with Crippen molar-refractivity contribution in [3.63, 3.8) is 0 Å². The summed E-state index contributed by atoms with van der Waals surface area (Å²) in [7, 11) is 0. The normalized spacial score (nSPS) is 10.7. The van der Waals surface area contributed by atoms with Crippen molar-refractivity contribution < 1.29 is 33.6 Å². The molecule has 214 valence electrons. The zero-order chi connectivity index (χ0) is 29.5. The SMILES string of the molecule is C=C(C)C(=O)OCCOc1ccc(/C=C/c2ccc(-c3ccc(OCCCCOC(=O)C(=C)CO)cc3)cc2)cc1. The first-order valence-corrected chi connectivity index (χ1v) is 13.4. The van der Waals surface area contributed by atoms with Gasteiger partial charge in [0.05, 0.1) is 25.4 Å². The van der Waals surface area contributed by atoms with Gasteiger partial charge in [-0.05, 0) is 66.3 Å². The molecule has 0 unspecified atom stereocenters. The Kier molecular flexibility index (Phi) is 12.4. The molecule has 3 aromatic carbocycles. The lowest BCUT2D eigenvalue weighted by Crippen LogP contribution is -2.12. The van der Waals surface area contributed by atoms with E-state index >= 15 is 0 Å². The molecule has 3 aromatic rings. The molecule has 0 atom stereocenters. The molecule has 41 heavy (non-hydrogen) atoms. The first-order valence-electron chi connectivity index (χ1n) is 13.4. The van der Waals surface area contributed by atoms with Gasteiger partial charge in [0.25, 0.3) is 0 Å². The highest BCUT2D eigenvalue weighted by molar-refractivity contribution is 5.88. The van der Waals surface area contributed by atoms with Gasteiger partial charge in [0.15, 0.2) is 0 Å². The summed E-state index contributed by atoms with van der Waals surface area (Å²) in [5.41, 5.74) is 4.75. The van der Waals surface area contributed by atoms with Crippen LogP contribution in [0.2, 0.25) is 0 Å². The van der Waals surface area contributed by atoms with Crippen molar-refractivity contribution >= 4 is 24.1 Å². The molecule has 0 aliphatic heterocycles. The monoisotopic (exact) mass is 556 g/mol. The zero-order valence-electron chi connectivity index (χ0n) is 23.3. The number of benzene rings is 3. The highest BCUT2D eigenvalue weighted by atomic mass is 16.6. The lowest BCUT2D eigenvalue weighted by Gasteiger charge is -2.08. The minimum atomic E-state index is -0.566.